The molecule has 0 aliphatic rings. The van der Waals surface area contributed by atoms with E-state index in [4.69, 9.17) is 0 Å². The van der Waals surface area contributed by atoms with Gasteiger partial charge >= 0.3 is 0 Å². The van der Waals surface area contributed by atoms with Crippen molar-refractivity contribution in [2.45, 2.75) is 13.5 Å². The molecule has 0 fully saturated rings. The lowest BCUT2D eigenvalue weighted by atomic mass is 10.7. The Morgan fingerprint density at radius 2 is 2.50 bits per heavy atom. The first-order valence-electron chi connectivity index (χ1n) is 2.74. The van der Waals surface area contributed by atoms with Gasteiger partial charge in [0.2, 0.25) is 0 Å². The highest BCUT2D eigenvalue weighted by molar-refractivity contribution is 7.27. The normalized spacial score (nSPS) is 9.75. The average Bonchev–Trinajstić information content (AvgIpc) is 2.14. The highest BCUT2D eigenvalue weighted by Gasteiger charge is 1.84. The van der Waals surface area contributed by atoms with Crippen molar-refractivity contribution >= 4 is 14.5 Å². The molecule has 1 rings (SSSR count). The molecule has 0 aromatic carbocycles. The average molecular weight is 127 g/mol. The summed E-state index contributed by atoms with van der Waals surface area (Å²) in [7, 11) is 2.66. The van der Waals surface area contributed by atoms with Crippen LogP contribution in [0.1, 0.15) is 6.92 Å². The summed E-state index contributed by atoms with van der Waals surface area (Å²) in [5.41, 5.74) is 0. The van der Waals surface area contributed by atoms with E-state index < -0.39 is 0 Å². The molecule has 1 unspecified atom stereocenters. The van der Waals surface area contributed by atoms with Crippen molar-refractivity contribution < 1.29 is 0 Å². The van der Waals surface area contributed by atoms with Crippen LogP contribution in [0.3, 0.4) is 0 Å². The molecule has 0 radical (unpaired) electrons. The monoisotopic (exact) mass is 127 g/mol. The van der Waals surface area contributed by atoms with Gasteiger partial charge < -0.3 is 4.57 Å². The fourth-order valence-electron chi connectivity index (χ4n) is 0.656. The third-order valence-electron chi connectivity index (χ3n) is 1.14. The van der Waals surface area contributed by atoms with E-state index in [-0.39, 0.29) is 0 Å². The van der Waals surface area contributed by atoms with E-state index in [1.54, 1.807) is 0 Å². The Morgan fingerprint density at radius 3 is 2.75 bits per heavy atom. The van der Waals surface area contributed by atoms with Gasteiger partial charge in [0.1, 0.15) is 0 Å². The minimum atomic E-state index is 1.06. The van der Waals surface area contributed by atoms with Crippen molar-refractivity contribution in [2.24, 2.45) is 0 Å². The summed E-state index contributed by atoms with van der Waals surface area (Å²) in [5, 5.41) is 1.26. The lowest BCUT2D eigenvalue weighted by molar-refractivity contribution is 0.770. The summed E-state index contributed by atoms with van der Waals surface area (Å²) in [6.45, 7) is 3.19. The second-order valence-corrected chi connectivity index (χ2v) is 2.44. The third kappa shape index (κ3) is 1.10. The van der Waals surface area contributed by atoms with Gasteiger partial charge in [0.15, 0.2) is 0 Å². The van der Waals surface area contributed by atoms with Crippen LogP contribution in [0.15, 0.2) is 18.5 Å². The molecule has 0 aliphatic carbocycles. The van der Waals surface area contributed by atoms with E-state index in [1.807, 2.05) is 0 Å². The van der Waals surface area contributed by atoms with Crippen LogP contribution in [0.2, 0.25) is 0 Å². The van der Waals surface area contributed by atoms with Crippen LogP contribution >= 0.6 is 9.24 Å². The van der Waals surface area contributed by atoms with Gasteiger partial charge in [0.25, 0.3) is 0 Å². The maximum atomic E-state index is 2.66. The van der Waals surface area contributed by atoms with Crippen LogP contribution < -0.4 is 5.30 Å². The van der Waals surface area contributed by atoms with Gasteiger partial charge in [0.05, 0.1) is 0 Å². The van der Waals surface area contributed by atoms with Crippen LogP contribution in [0.5, 0.6) is 0 Å². The van der Waals surface area contributed by atoms with Gasteiger partial charge in [-0.25, -0.2) is 0 Å². The molecular weight excluding hydrogens is 117 g/mol. The summed E-state index contributed by atoms with van der Waals surface area (Å²) in [5.74, 6) is 0. The van der Waals surface area contributed by atoms with Crippen LogP contribution in [0, 0.1) is 0 Å². The number of nitrogens with zero attached hydrogens (tertiary/aromatic N) is 1. The number of rotatable bonds is 1. The molecule has 1 aromatic rings. The van der Waals surface area contributed by atoms with Gasteiger partial charge in [-0.05, 0) is 18.3 Å². The molecule has 0 saturated carbocycles. The fourth-order valence-corrected chi connectivity index (χ4v) is 0.934. The Kier molecular flexibility index (Phi) is 1.69. The van der Waals surface area contributed by atoms with Crippen molar-refractivity contribution in [1.29, 1.82) is 0 Å². The predicted octanol–water partition coefficient (Wildman–Crippen LogP) is 1.01. The van der Waals surface area contributed by atoms with E-state index in [2.05, 4.69) is 39.2 Å². The lowest BCUT2D eigenvalue weighted by Crippen LogP contribution is -1.89. The molecule has 0 spiro atoms. The van der Waals surface area contributed by atoms with E-state index in [0.29, 0.717) is 0 Å². The Bertz CT molecular complexity index is 169. The maximum Gasteiger partial charge on any atom is 0.0191 e. The second-order valence-electron chi connectivity index (χ2n) is 1.78. The molecule has 0 bridgehead atoms. The van der Waals surface area contributed by atoms with E-state index in [9.17, 15) is 0 Å². The van der Waals surface area contributed by atoms with Crippen molar-refractivity contribution in [3.8, 4) is 0 Å². The zero-order valence-electron chi connectivity index (χ0n) is 4.96. The minimum absolute atomic E-state index is 1.06. The molecule has 0 saturated heterocycles. The molecule has 0 N–H and O–H groups in total. The zero-order valence-corrected chi connectivity index (χ0v) is 6.12. The quantitative estimate of drug-likeness (QED) is 0.496. The largest absolute Gasteiger partial charge is 0.354 e. The Balaban J connectivity index is 2.84. The first kappa shape index (κ1) is 5.84. The molecule has 44 valence electrons. The number of aromatic nitrogens is 1. The van der Waals surface area contributed by atoms with Crippen molar-refractivity contribution in [3.63, 3.8) is 0 Å². The molecule has 2 heteroatoms. The Labute approximate surface area is 51.9 Å². The van der Waals surface area contributed by atoms with Crippen LogP contribution in [0.4, 0.5) is 0 Å². The van der Waals surface area contributed by atoms with E-state index in [1.165, 1.54) is 5.30 Å². The zero-order chi connectivity index (χ0) is 5.98. The maximum absolute atomic E-state index is 2.66. The molecule has 1 nitrogen and oxygen atoms in total. The van der Waals surface area contributed by atoms with Crippen molar-refractivity contribution in [3.05, 3.63) is 18.5 Å². The number of hydrogen-bond acceptors (Lipinski definition) is 0. The molecule has 1 heterocycles. The first-order valence-corrected chi connectivity index (χ1v) is 3.32. The van der Waals surface area contributed by atoms with E-state index >= 15 is 0 Å². The summed E-state index contributed by atoms with van der Waals surface area (Å²) < 4.78 is 2.14. The first-order chi connectivity index (χ1) is 3.83. The number of aryl methyl sites for hydroxylation is 1. The van der Waals surface area contributed by atoms with Gasteiger partial charge in [-0.1, -0.05) is 0 Å². The molecule has 8 heavy (non-hydrogen) atoms. The molecule has 0 aliphatic heterocycles. The minimum Gasteiger partial charge on any atom is -0.354 e. The topological polar surface area (TPSA) is 4.93 Å². The van der Waals surface area contributed by atoms with E-state index in [0.717, 1.165) is 6.54 Å². The van der Waals surface area contributed by atoms with Crippen LogP contribution in [0.25, 0.3) is 0 Å². The van der Waals surface area contributed by atoms with Crippen LogP contribution in [-0.4, -0.2) is 4.57 Å². The predicted molar refractivity (Wildman–Crippen MR) is 39.5 cm³/mol. The molecule has 1 atom stereocenters. The number of hydrogen-bond donors (Lipinski definition) is 0. The lowest BCUT2D eigenvalue weighted by Gasteiger charge is -1.90. The summed E-state index contributed by atoms with van der Waals surface area (Å²) in [6, 6.07) is 2.08. The van der Waals surface area contributed by atoms with Gasteiger partial charge in [-0.15, -0.1) is 9.24 Å². The Hall–Kier alpha value is -0.290. The second kappa shape index (κ2) is 2.32. The SMILES string of the molecule is CCn1ccc(P)c1. The van der Waals surface area contributed by atoms with Crippen molar-refractivity contribution in [1.82, 2.24) is 4.57 Å². The highest BCUT2D eigenvalue weighted by Crippen LogP contribution is 1.90. The van der Waals surface area contributed by atoms with Gasteiger partial charge in [0, 0.05) is 18.9 Å². The van der Waals surface area contributed by atoms with Crippen LogP contribution in [-0.2, 0) is 6.54 Å². The molecular formula is C6H10NP. The third-order valence-corrected chi connectivity index (χ3v) is 1.48. The molecule has 1 aromatic heterocycles. The summed E-state index contributed by atoms with van der Waals surface area (Å²) >= 11 is 0. The highest BCUT2D eigenvalue weighted by atomic mass is 31.0. The standard InChI is InChI=1S/C6H10NP/c1-2-7-4-3-6(8)5-7/h3-5H,2,8H2,1H3. The summed E-state index contributed by atoms with van der Waals surface area (Å²) in [4.78, 5) is 0. The van der Waals surface area contributed by atoms with Gasteiger partial charge in [-0.2, -0.15) is 0 Å². The smallest absolute Gasteiger partial charge is 0.0191 e. The Morgan fingerprint density at radius 1 is 1.75 bits per heavy atom. The summed E-state index contributed by atoms with van der Waals surface area (Å²) in [6.07, 6.45) is 4.17. The fraction of sp³-hybridized carbons (Fsp3) is 0.333. The molecule has 0 amide bonds. The van der Waals surface area contributed by atoms with Crippen molar-refractivity contribution in [2.75, 3.05) is 0 Å². The van der Waals surface area contributed by atoms with Gasteiger partial charge in [-0.3, -0.25) is 0 Å².